The maximum absolute atomic E-state index is 5.35. The fraction of sp³-hybridized carbons (Fsp3) is 0.538. The second-order valence-electron chi connectivity index (χ2n) is 3.99. The normalized spacial score (nSPS) is 10.5. The van der Waals surface area contributed by atoms with Crippen LogP contribution in [-0.4, -0.2) is 26.0 Å². The highest BCUT2D eigenvalue weighted by Gasteiger charge is 2.04. The lowest BCUT2D eigenvalue weighted by molar-refractivity contribution is 0.408. The third-order valence-corrected chi connectivity index (χ3v) is 2.83. The fourth-order valence-electron chi connectivity index (χ4n) is 1.94. The molecule has 0 amide bonds. The first kappa shape index (κ1) is 13.4. The maximum atomic E-state index is 5.35. The molecule has 0 aromatic heterocycles. The molecule has 3 heteroatoms. The molecule has 0 aliphatic rings. The summed E-state index contributed by atoms with van der Waals surface area (Å²) in [4.78, 5) is 0. The number of hydrogen-bond acceptors (Lipinski definition) is 3. The summed E-state index contributed by atoms with van der Waals surface area (Å²) in [7, 11) is 1.73. The minimum absolute atomic E-state index is 0.890. The molecular weight excluding hydrogens is 218 g/mol. The molecule has 0 atom stereocenters. The van der Waals surface area contributed by atoms with Crippen LogP contribution in [0.25, 0.3) is 0 Å². The van der Waals surface area contributed by atoms with E-state index < -0.39 is 0 Å². The average molecular weight is 239 g/mol. The van der Waals surface area contributed by atoms with Gasteiger partial charge in [-0.2, -0.15) is 12.6 Å². The van der Waals surface area contributed by atoms with Crippen LogP contribution in [0.5, 0.6) is 5.75 Å². The Kier molecular flexibility index (Phi) is 5.71. The largest absolute Gasteiger partial charge is 0.496 e. The van der Waals surface area contributed by atoms with Crippen molar-refractivity contribution in [3.63, 3.8) is 0 Å². The Labute approximate surface area is 104 Å². The van der Waals surface area contributed by atoms with Crippen LogP contribution >= 0.6 is 12.6 Å². The van der Waals surface area contributed by atoms with Crippen LogP contribution in [-0.2, 0) is 6.42 Å². The SMILES string of the molecule is COc1c(C)cc(CCNCCS)cc1C. The second-order valence-corrected chi connectivity index (χ2v) is 4.43. The number of thiol groups is 1. The summed E-state index contributed by atoms with van der Waals surface area (Å²) in [6, 6.07) is 4.41. The van der Waals surface area contributed by atoms with Gasteiger partial charge in [0.2, 0.25) is 0 Å². The first-order chi connectivity index (χ1) is 7.69. The van der Waals surface area contributed by atoms with Gasteiger partial charge in [0.05, 0.1) is 7.11 Å². The van der Waals surface area contributed by atoms with Gasteiger partial charge in [0, 0.05) is 12.3 Å². The standard InChI is InChI=1S/C13H21NOS/c1-10-8-12(4-5-14-6-7-16)9-11(2)13(10)15-3/h8-9,14,16H,4-7H2,1-3H3. The van der Waals surface area contributed by atoms with Gasteiger partial charge in [0.15, 0.2) is 0 Å². The fourth-order valence-corrected chi connectivity index (χ4v) is 2.10. The van der Waals surface area contributed by atoms with Crippen LogP contribution in [0.3, 0.4) is 0 Å². The highest BCUT2D eigenvalue weighted by molar-refractivity contribution is 7.80. The van der Waals surface area contributed by atoms with Crippen molar-refractivity contribution in [1.29, 1.82) is 0 Å². The van der Waals surface area contributed by atoms with Crippen molar-refractivity contribution < 1.29 is 4.74 Å². The molecule has 0 saturated heterocycles. The van der Waals surface area contributed by atoms with Crippen LogP contribution in [0.1, 0.15) is 16.7 Å². The monoisotopic (exact) mass is 239 g/mol. The van der Waals surface area contributed by atoms with Crippen molar-refractivity contribution in [2.24, 2.45) is 0 Å². The predicted molar refractivity (Wildman–Crippen MR) is 72.9 cm³/mol. The Hall–Kier alpha value is -0.670. The molecule has 0 fully saturated rings. The molecule has 1 aromatic carbocycles. The molecule has 2 nitrogen and oxygen atoms in total. The Bertz CT molecular complexity index is 316. The van der Waals surface area contributed by atoms with Crippen molar-refractivity contribution in [2.75, 3.05) is 26.0 Å². The van der Waals surface area contributed by atoms with Crippen molar-refractivity contribution >= 4 is 12.6 Å². The topological polar surface area (TPSA) is 21.3 Å². The van der Waals surface area contributed by atoms with Crippen LogP contribution in [0.4, 0.5) is 0 Å². The summed E-state index contributed by atoms with van der Waals surface area (Å²) in [5, 5.41) is 3.34. The maximum Gasteiger partial charge on any atom is 0.124 e. The van der Waals surface area contributed by atoms with E-state index in [1.54, 1.807) is 7.11 Å². The third-order valence-electron chi connectivity index (χ3n) is 2.60. The summed E-state index contributed by atoms with van der Waals surface area (Å²) in [6.07, 6.45) is 1.06. The first-order valence-corrected chi connectivity index (χ1v) is 6.28. The van der Waals surface area contributed by atoms with Gasteiger partial charge in [-0.05, 0) is 43.5 Å². The van der Waals surface area contributed by atoms with Crippen LogP contribution < -0.4 is 10.1 Å². The lowest BCUT2D eigenvalue weighted by Crippen LogP contribution is -2.19. The number of hydrogen-bond donors (Lipinski definition) is 2. The smallest absolute Gasteiger partial charge is 0.124 e. The Balaban J connectivity index is 2.61. The van der Waals surface area contributed by atoms with Crippen molar-refractivity contribution in [1.82, 2.24) is 5.32 Å². The van der Waals surface area contributed by atoms with E-state index in [0.29, 0.717) is 0 Å². The summed E-state index contributed by atoms with van der Waals surface area (Å²) in [6.45, 7) is 6.16. The molecule has 16 heavy (non-hydrogen) atoms. The van der Waals surface area contributed by atoms with Crippen LogP contribution in [0.2, 0.25) is 0 Å². The molecule has 0 heterocycles. The third kappa shape index (κ3) is 3.72. The second kappa shape index (κ2) is 6.81. The average Bonchev–Trinajstić information content (AvgIpc) is 2.24. The molecule has 1 aromatic rings. The highest BCUT2D eigenvalue weighted by atomic mass is 32.1. The number of methoxy groups -OCH3 is 1. The Morgan fingerprint density at radius 1 is 1.19 bits per heavy atom. The summed E-state index contributed by atoms with van der Waals surface area (Å²) in [5.74, 6) is 1.90. The quantitative estimate of drug-likeness (QED) is 0.587. The van der Waals surface area contributed by atoms with Gasteiger partial charge in [-0.25, -0.2) is 0 Å². The molecule has 90 valence electrons. The van der Waals surface area contributed by atoms with Gasteiger partial charge in [-0.3, -0.25) is 0 Å². The van der Waals surface area contributed by atoms with E-state index in [2.05, 4.69) is 43.9 Å². The summed E-state index contributed by atoms with van der Waals surface area (Å²) in [5.41, 5.74) is 3.79. The van der Waals surface area contributed by atoms with E-state index in [9.17, 15) is 0 Å². The van der Waals surface area contributed by atoms with E-state index in [1.165, 1.54) is 16.7 Å². The van der Waals surface area contributed by atoms with Gasteiger partial charge in [-0.1, -0.05) is 12.1 Å². The molecular formula is C13H21NOS. The van der Waals surface area contributed by atoms with Gasteiger partial charge in [0.25, 0.3) is 0 Å². The van der Waals surface area contributed by atoms with Crippen LogP contribution in [0, 0.1) is 13.8 Å². The van der Waals surface area contributed by atoms with Gasteiger partial charge in [0.1, 0.15) is 5.75 Å². The van der Waals surface area contributed by atoms with Crippen molar-refractivity contribution in [2.45, 2.75) is 20.3 Å². The molecule has 0 bridgehead atoms. The van der Waals surface area contributed by atoms with E-state index in [1.807, 2.05) is 0 Å². The first-order valence-electron chi connectivity index (χ1n) is 5.64. The van der Waals surface area contributed by atoms with E-state index in [-0.39, 0.29) is 0 Å². The summed E-state index contributed by atoms with van der Waals surface area (Å²) < 4.78 is 5.35. The van der Waals surface area contributed by atoms with Crippen molar-refractivity contribution in [3.8, 4) is 5.75 Å². The van der Waals surface area contributed by atoms with Crippen LogP contribution in [0.15, 0.2) is 12.1 Å². The van der Waals surface area contributed by atoms with Gasteiger partial charge >= 0.3 is 0 Å². The zero-order valence-corrected chi connectivity index (χ0v) is 11.2. The lowest BCUT2D eigenvalue weighted by Gasteiger charge is -2.11. The van der Waals surface area contributed by atoms with Gasteiger partial charge < -0.3 is 10.1 Å². The van der Waals surface area contributed by atoms with E-state index in [4.69, 9.17) is 4.74 Å². The number of rotatable bonds is 6. The Morgan fingerprint density at radius 2 is 1.81 bits per heavy atom. The van der Waals surface area contributed by atoms with Gasteiger partial charge in [-0.15, -0.1) is 0 Å². The molecule has 0 saturated carbocycles. The molecule has 1 rings (SSSR count). The number of aryl methyl sites for hydroxylation is 2. The molecule has 0 aliphatic carbocycles. The van der Waals surface area contributed by atoms with E-state index >= 15 is 0 Å². The minimum Gasteiger partial charge on any atom is -0.496 e. The number of ether oxygens (including phenoxy) is 1. The Morgan fingerprint density at radius 3 is 2.31 bits per heavy atom. The number of benzene rings is 1. The molecule has 0 radical (unpaired) electrons. The molecule has 0 aliphatic heterocycles. The zero-order chi connectivity index (χ0) is 12.0. The minimum atomic E-state index is 0.890. The lowest BCUT2D eigenvalue weighted by atomic mass is 10.0. The van der Waals surface area contributed by atoms with Crippen molar-refractivity contribution in [3.05, 3.63) is 28.8 Å². The molecule has 0 spiro atoms. The number of nitrogens with one attached hydrogen (secondary N) is 1. The summed E-state index contributed by atoms with van der Waals surface area (Å²) >= 11 is 4.16. The highest BCUT2D eigenvalue weighted by Crippen LogP contribution is 2.24. The molecule has 1 N–H and O–H groups in total. The molecule has 0 unspecified atom stereocenters. The van der Waals surface area contributed by atoms with E-state index in [0.717, 1.165) is 31.0 Å². The zero-order valence-electron chi connectivity index (χ0n) is 10.3. The predicted octanol–water partition coefficient (Wildman–Crippen LogP) is 2.37.